The molecule has 6 nitrogen and oxygen atoms in total. The number of sulfone groups is 1. The number of ether oxygens (including phenoxy) is 1. The van der Waals surface area contributed by atoms with E-state index in [2.05, 4.69) is 4.99 Å². The average molecular weight is 354 g/mol. The Morgan fingerprint density at radius 2 is 2.04 bits per heavy atom. The summed E-state index contributed by atoms with van der Waals surface area (Å²) in [6.45, 7) is 1.66. The molecule has 1 aromatic rings. The first-order valence-corrected chi connectivity index (χ1v) is 10.00. The first kappa shape index (κ1) is 16.3. The van der Waals surface area contributed by atoms with Crippen LogP contribution < -0.4 is 4.74 Å². The third kappa shape index (κ3) is 3.53. The van der Waals surface area contributed by atoms with Crippen LogP contribution in [0, 0.1) is 0 Å². The predicted octanol–water partition coefficient (Wildman–Crippen LogP) is 1.18. The van der Waals surface area contributed by atoms with Crippen LogP contribution in [-0.2, 0) is 14.6 Å². The van der Waals surface area contributed by atoms with Gasteiger partial charge < -0.3 is 9.64 Å². The number of hydrogen-bond donors (Lipinski definition) is 0. The molecular formula is C15H18N2O4S2. The largest absolute Gasteiger partial charge is 0.481 e. The third-order valence-corrected chi connectivity index (χ3v) is 7.24. The van der Waals surface area contributed by atoms with Gasteiger partial charge in [0.05, 0.1) is 17.5 Å². The van der Waals surface area contributed by atoms with Gasteiger partial charge >= 0.3 is 0 Å². The summed E-state index contributed by atoms with van der Waals surface area (Å²) < 4.78 is 28.9. The third-order valence-electron chi connectivity index (χ3n) is 3.94. The van der Waals surface area contributed by atoms with Gasteiger partial charge in [-0.25, -0.2) is 8.42 Å². The van der Waals surface area contributed by atoms with E-state index in [4.69, 9.17) is 4.74 Å². The highest BCUT2D eigenvalue weighted by molar-refractivity contribution is 8.15. The molecule has 0 spiro atoms. The SMILES string of the molecule is C[C@H](Oc1ccccc1)C(=O)N=C1S[C@H]2CS(=O)(=O)C[C@H]2N1C. The van der Waals surface area contributed by atoms with Gasteiger partial charge in [0.25, 0.3) is 5.91 Å². The number of para-hydroxylation sites is 1. The number of benzene rings is 1. The maximum Gasteiger partial charge on any atom is 0.288 e. The molecule has 0 unspecified atom stereocenters. The van der Waals surface area contributed by atoms with Gasteiger partial charge in [-0.2, -0.15) is 4.99 Å². The van der Waals surface area contributed by atoms with Gasteiger partial charge in [-0.15, -0.1) is 0 Å². The number of carbonyl (C=O) groups excluding carboxylic acids is 1. The topological polar surface area (TPSA) is 76.0 Å². The highest BCUT2D eigenvalue weighted by Gasteiger charge is 2.47. The van der Waals surface area contributed by atoms with Crippen LogP contribution in [0.1, 0.15) is 6.92 Å². The molecule has 2 fully saturated rings. The van der Waals surface area contributed by atoms with Crippen LogP contribution in [0.2, 0.25) is 0 Å². The van der Waals surface area contributed by atoms with Crippen LogP contribution in [0.5, 0.6) is 5.75 Å². The van der Waals surface area contributed by atoms with E-state index >= 15 is 0 Å². The Balaban J connectivity index is 1.67. The summed E-state index contributed by atoms with van der Waals surface area (Å²) >= 11 is 1.36. The zero-order valence-corrected chi connectivity index (χ0v) is 14.5. The van der Waals surface area contributed by atoms with Gasteiger partial charge in [0, 0.05) is 12.3 Å². The van der Waals surface area contributed by atoms with Crippen molar-refractivity contribution in [1.82, 2.24) is 4.90 Å². The first-order chi connectivity index (χ1) is 10.9. The predicted molar refractivity (Wildman–Crippen MR) is 90.6 cm³/mol. The van der Waals surface area contributed by atoms with E-state index in [1.54, 1.807) is 31.0 Å². The van der Waals surface area contributed by atoms with Crippen LogP contribution in [0.25, 0.3) is 0 Å². The van der Waals surface area contributed by atoms with Gasteiger partial charge in [-0.3, -0.25) is 4.79 Å². The number of rotatable bonds is 3. The number of amidine groups is 1. The lowest BCUT2D eigenvalue weighted by atomic mass is 10.2. The second-order valence-corrected chi connectivity index (χ2v) is 9.08. The molecule has 1 aromatic carbocycles. The second-order valence-electron chi connectivity index (χ2n) is 5.72. The van der Waals surface area contributed by atoms with E-state index in [0.717, 1.165) is 0 Å². The van der Waals surface area contributed by atoms with Crippen molar-refractivity contribution < 1.29 is 17.9 Å². The van der Waals surface area contributed by atoms with Crippen molar-refractivity contribution in [3.05, 3.63) is 30.3 Å². The maximum absolute atomic E-state index is 12.2. The first-order valence-electron chi connectivity index (χ1n) is 7.30. The van der Waals surface area contributed by atoms with Crippen molar-refractivity contribution in [3.8, 4) is 5.75 Å². The van der Waals surface area contributed by atoms with Gasteiger partial charge in [0.2, 0.25) is 0 Å². The number of carbonyl (C=O) groups is 1. The van der Waals surface area contributed by atoms with Gasteiger partial charge in [-0.1, -0.05) is 30.0 Å². The molecule has 0 radical (unpaired) electrons. The molecule has 8 heteroatoms. The molecule has 1 amide bonds. The minimum atomic E-state index is -2.97. The van der Waals surface area contributed by atoms with Crippen LogP contribution in [0.4, 0.5) is 0 Å². The van der Waals surface area contributed by atoms with Crippen LogP contribution >= 0.6 is 11.8 Å². The molecule has 0 aliphatic carbocycles. The summed E-state index contributed by atoms with van der Waals surface area (Å²) in [5.74, 6) is 0.524. The molecule has 2 saturated heterocycles. The lowest BCUT2D eigenvalue weighted by Gasteiger charge is -2.18. The lowest BCUT2D eigenvalue weighted by Crippen LogP contribution is -2.34. The standard InChI is InChI=1S/C15H18N2O4S2/c1-10(21-11-6-4-3-5-7-11)14(18)16-15-17(2)12-8-23(19,20)9-13(12)22-15/h3-7,10,12-13H,8-9H2,1-2H3/t10-,12+,13-/m0/s1. The quantitative estimate of drug-likeness (QED) is 0.811. The number of amides is 1. The van der Waals surface area contributed by atoms with E-state index in [1.165, 1.54) is 11.8 Å². The highest BCUT2D eigenvalue weighted by atomic mass is 32.2. The summed E-state index contributed by atoms with van der Waals surface area (Å²) in [6, 6.07) is 9.00. The van der Waals surface area contributed by atoms with Crippen LogP contribution in [0.3, 0.4) is 0 Å². The number of fused-ring (bicyclic) bond motifs is 1. The normalized spacial score (nSPS) is 28.6. The summed E-state index contributed by atoms with van der Waals surface area (Å²) in [7, 11) is -1.19. The van der Waals surface area contributed by atoms with Gasteiger partial charge in [0.1, 0.15) is 5.75 Å². The number of thioether (sulfide) groups is 1. The molecule has 2 aliphatic rings. The van der Waals surface area contributed by atoms with E-state index in [1.807, 2.05) is 18.2 Å². The fourth-order valence-corrected chi connectivity index (χ4v) is 6.68. The van der Waals surface area contributed by atoms with E-state index in [-0.39, 0.29) is 28.7 Å². The zero-order chi connectivity index (χ0) is 16.6. The number of hydrogen-bond acceptors (Lipinski definition) is 5. The Kier molecular flexibility index (Phi) is 4.37. The summed E-state index contributed by atoms with van der Waals surface area (Å²) in [6.07, 6.45) is -0.692. The van der Waals surface area contributed by atoms with Crippen LogP contribution in [0.15, 0.2) is 35.3 Å². The zero-order valence-electron chi connectivity index (χ0n) is 12.9. The Labute approximate surface area is 139 Å². The Morgan fingerprint density at radius 3 is 2.70 bits per heavy atom. The molecule has 0 aromatic heterocycles. The molecule has 2 heterocycles. The van der Waals surface area contributed by atoms with Crippen molar-refractivity contribution >= 4 is 32.7 Å². The van der Waals surface area contributed by atoms with Crippen molar-refractivity contribution in [3.63, 3.8) is 0 Å². The van der Waals surface area contributed by atoms with Crippen molar-refractivity contribution in [2.45, 2.75) is 24.3 Å². The molecule has 3 rings (SSSR count). The monoisotopic (exact) mass is 354 g/mol. The Morgan fingerprint density at radius 1 is 1.35 bits per heavy atom. The van der Waals surface area contributed by atoms with Crippen molar-refractivity contribution in [2.75, 3.05) is 18.6 Å². The molecule has 0 saturated carbocycles. The fourth-order valence-electron chi connectivity index (χ4n) is 2.68. The highest BCUT2D eigenvalue weighted by Crippen LogP contribution is 2.37. The summed E-state index contributed by atoms with van der Waals surface area (Å²) in [5, 5.41) is 0.533. The smallest absolute Gasteiger partial charge is 0.288 e. The summed E-state index contributed by atoms with van der Waals surface area (Å²) in [5.41, 5.74) is 0. The molecule has 0 N–H and O–H groups in total. The minimum absolute atomic E-state index is 0.0399. The van der Waals surface area contributed by atoms with E-state index < -0.39 is 15.9 Å². The van der Waals surface area contributed by atoms with Crippen molar-refractivity contribution in [2.24, 2.45) is 4.99 Å². The van der Waals surface area contributed by atoms with Crippen LogP contribution in [-0.4, -0.2) is 60.3 Å². The second kappa shape index (κ2) is 6.16. The molecule has 23 heavy (non-hydrogen) atoms. The van der Waals surface area contributed by atoms with Gasteiger partial charge in [-0.05, 0) is 19.1 Å². The Hall–Kier alpha value is -1.54. The van der Waals surface area contributed by atoms with E-state index in [0.29, 0.717) is 10.9 Å². The Bertz CT molecular complexity index is 733. The lowest BCUT2D eigenvalue weighted by molar-refractivity contribution is -0.123. The molecule has 3 atom stereocenters. The molecule has 124 valence electrons. The number of aliphatic imine (C=N–C) groups is 1. The molecular weight excluding hydrogens is 336 g/mol. The molecule has 2 aliphatic heterocycles. The maximum atomic E-state index is 12.2. The fraction of sp³-hybridized carbons (Fsp3) is 0.467. The van der Waals surface area contributed by atoms with E-state index in [9.17, 15) is 13.2 Å². The number of nitrogens with zero attached hydrogens (tertiary/aromatic N) is 2. The van der Waals surface area contributed by atoms with Crippen molar-refractivity contribution in [1.29, 1.82) is 0 Å². The minimum Gasteiger partial charge on any atom is -0.481 e. The summed E-state index contributed by atoms with van der Waals surface area (Å²) in [4.78, 5) is 18.2. The van der Waals surface area contributed by atoms with Gasteiger partial charge in [0.15, 0.2) is 21.1 Å². The average Bonchev–Trinajstić information content (AvgIpc) is 2.94. The molecule has 0 bridgehead atoms.